The van der Waals surface area contributed by atoms with Gasteiger partial charge in [0.15, 0.2) is 5.69 Å². The minimum absolute atomic E-state index is 0.668. The molecule has 5 heteroatoms. The number of aromatic nitrogens is 4. The van der Waals surface area contributed by atoms with Gasteiger partial charge in [0, 0.05) is 31.3 Å². The van der Waals surface area contributed by atoms with Crippen molar-refractivity contribution in [2.24, 2.45) is 7.05 Å². The molecule has 1 aliphatic rings. The molecule has 0 bridgehead atoms. The van der Waals surface area contributed by atoms with E-state index in [0.717, 1.165) is 28.0 Å². The molecule has 0 fully saturated rings. The lowest BCUT2D eigenvalue weighted by atomic mass is 9.95. The molecule has 5 rings (SSSR count). The highest BCUT2D eigenvalue weighted by molar-refractivity contribution is 7.17. The minimum atomic E-state index is -0.668. The van der Waals surface area contributed by atoms with Gasteiger partial charge in [-0.25, -0.2) is 9.55 Å². The Morgan fingerprint density at radius 1 is 1.31 bits per heavy atom. The van der Waals surface area contributed by atoms with E-state index in [1.165, 1.54) is 28.1 Å². The van der Waals surface area contributed by atoms with Crippen LogP contribution in [-0.2, 0) is 13.5 Å². The summed E-state index contributed by atoms with van der Waals surface area (Å²) in [6.07, 6.45) is 6.62. The van der Waals surface area contributed by atoms with Gasteiger partial charge in [-0.1, -0.05) is 19.9 Å². The molecule has 26 heavy (non-hydrogen) atoms. The number of rotatable bonds is 2. The third-order valence-electron chi connectivity index (χ3n) is 5.28. The van der Waals surface area contributed by atoms with E-state index in [-0.39, 0.29) is 0 Å². The van der Waals surface area contributed by atoms with Crippen molar-refractivity contribution in [3.8, 4) is 16.9 Å². The molecule has 0 saturated heterocycles. The van der Waals surface area contributed by atoms with Crippen LogP contribution in [0.5, 0.6) is 0 Å². The zero-order valence-electron chi connectivity index (χ0n) is 16.4. The van der Waals surface area contributed by atoms with E-state index in [2.05, 4.69) is 50.6 Å². The van der Waals surface area contributed by atoms with Crippen LogP contribution in [0.3, 0.4) is 0 Å². The van der Waals surface area contributed by atoms with Gasteiger partial charge in [-0.05, 0) is 40.4 Å². The maximum absolute atomic E-state index is 8.48. The summed E-state index contributed by atoms with van der Waals surface area (Å²) in [5.74, 6) is 0.419. The van der Waals surface area contributed by atoms with Gasteiger partial charge in [0.2, 0.25) is 5.52 Å². The zero-order valence-corrected chi connectivity index (χ0v) is 16.2. The summed E-state index contributed by atoms with van der Waals surface area (Å²) >= 11 is 1.69. The number of hydrogen-bond donors (Lipinski definition) is 0. The number of thiophene rings is 1. The first-order valence-electron chi connectivity index (χ1n) is 9.28. The maximum Gasteiger partial charge on any atom is 0.287 e. The Morgan fingerprint density at radius 3 is 2.96 bits per heavy atom. The van der Waals surface area contributed by atoms with Crippen molar-refractivity contribution in [3.63, 3.8) is 0 Å². The lowest BCUT2D eigenvalue weighted by Gasteiger charge is -2.13. The Labute approximate surface area is 158 Å². The first-order valence-corrected chi connectivity index (χ1v) is 9.66. The second kappa shape index (κ2) is 5.48. The third kappa shape index (κ3) is 2.04. The van der Waals surface area contributed by atoms with Crippen LogP contribution in [0.2, 0.25) is 0 Å². The van der Waals surface area contributed by atoms with Crippen molar-refractivity contribution in [3.05, 3.63) is 58.7 Å². The second-order valence-electron chi connectivity index (χ2n) is 7.18. The van der Waals surface area contributed by atoms with E-state index in [1.54, 1.807) is 11.3 Å². The predicted octanol–water partition coefficient (Wildman–Crippen LogP) is 4.31. The van der Waals surface area contributed by atoms with Crippen molar-refractivity contribution in [1.29, 1.82) is 0 Å². The predicted molar refractivity (Wildman–Crippen MR) is 105 cm³/mol. The molecular formula is C21H21N4S+. The van der Waals surface area contributed by atoms with Gasteiger partial charge in [-0.15, -0.1) is 11.3 Å². The molecule has 0 amide bonds. The van der Waals surface area contributed by atoms with Gasteiger partial charge in [-0.3, -0.25) is 0 Å². The van der Waals surface area contributed by atoms with Crippen LogP contribution in [0.4, 0.5) is 0 Å². The molecule has 130 valence electrons. The molecule has 0 radical (unpaired) electrons. The topological polar surface area (TPSA) is 34.6 Å². The fourth-order valence-corrected chi connectivity index (χ4v) is 5.20. The highest BCUT2D eigenvalue weighted by atomic mass is 32.1. The highest BCUT2D eigenvalue weighted by Gasteiger charge is 2.29. The Hall–Kier alpha value is -2.53. The summed E-state index contributed by atoms with van der Waals surface area (Å²) in [7, 11) is 2.05. The van der Waals surface area contributed by atoms with Crippen molar-refractivity contribution in [1.82, 2.24) is 14.5 Å². The quantitative estimate of drug-likeness (QED) is 0.439. The van der Waals surface area contributed by atoms with Crippen molar-refractivity contribution >= 4 is 21.6 Å². The average Bonchev–Trinajstić information content (AvgIpc) is 3.28. The summed E-state index contributed by atoms with van der Waals surface area (Å²) in [5, 5.41) is 2.09. The Morgan fingerprint density at radius 2 is 2.15 bits per heavy atom. The summed E-state index contributed by atoms with van der Waals surface area (Å²) in [6.45, 7) is 6.02. The Kier molecular flexibility index (Phi) is 3.08. The normalized spacial score (nSPS) is 13.8. The first-order chi connectivity index (χ1) is 12.9. The van der Waals surface area contributed by atoms with Gasteiger partial charge in [0.05, 0.1) is 12.7 Å². The van der Waals surface area contributed by atoms with Gasteiger partial charge in [-0.2, -0.15) is 0 Å². The van der Waals surface area contributed by atoms with E-state index in [4.69, 9.17) is 1.37 Å². The van der Waals surface area contributed by atoms with Crippen LogP contribution < -0.4 is 4.57 Å². The molecule has 0 unspecified atom stereocenters. The number of nitrogens with zero attached hydrogens (tertiary/aromatic N) is 4. The monoisotopic (exact) mass is 362 g/mol. The molecule has 0 saturated carbocycles. The van der Waals surface area contributed by atoms with E-state index in [1.807, 2.05) is 32.6 Å². The molecule has 0 spiro atoms. The van der Waals surface area contributed by atoms with Crippen LogP contribution in [0.25, 0.3) is 27.2 Å². The summed E-state index contributed by atoms with van der Waals surface area (Å²) in [6, 6.07) is 4.38. The van der Waals surface area contributed by atoms with Crippen LogP contribution in [0.1, 0.15) is 43.6 Å². The number of aryl methyl sites for hydroxylation is 2. The minimum Gasteiger partial charge on any atom is -0.303 e. The van der Waals surface area contributed by atoms with E-state index in [9.17, 15) is 0 Å². The van der Waals surface area contributed by atoms with Crippen LogP contribution >= 0.6 is 11.3 Å². The maximum atomic E-state index is 8.48. The van der Waals surface area contributed by atoms with Gasteiger partial charge < -0.3 is 4.57 Å². The Balaban J connectivity index is 1.84. The molecule has 4 nitrogen and oxygen atoms in total. The lowest BCUT2D eigenvalue weighted by molar-refractivity contribution is -0.662. The molecular weight excluding hydrogens is 340 g/mol. The zero-order chi connectivity index (χ0) is 18.9. The average molecular weight is 363 g/mol. The highest BCUT2D eigenvalue weighted by Crippen LogP contribution is 2.41. The number of benzene rings is 1. The van der Waals surface area contributed by atoms with E-state index >= 15 is 0 Å². The van der Waals surface area contributed by atoms with Gasteiger partial charge in [0.1, 0.15) is 10.5 Å². The smallest absolute Gasteiger partial charge is 0.287 e. The molecule has 0 N–H and O–H groups in total. The SMILES string of the molecule is [2H]C(C)(C)c1csc2c(-c3c(C)ccc4c3Cc3nccn3-4)[n+](C)cnc12. The summed E-state index contributed by atoms with van der Waals surface area (Å²) in [5.41, 5.74) is 8.17. The van der Waals surface area contributed by atoms with E-state index in [0.29, 0.717) is 0 Å². The molecule has 1 aliphatic heterocycles. The number of hydrogen-bond acceptors (Lipinski definition) is 3. The van der Waals surface area contributed by atoms with Crippen molar-refractivity contribution in [2.75, 3.05) is 0 Å². The molecule has 4 heterocycles. The molecule has 3 aromatic heterocycles. The van der Waals surface area contributed by atoms with Gasteiger partial charge >= 0.3 is 0 Å². The summed E-state index contributed by atoms with van der Waals surface area (Å²) < 4.78 is 13.9. The molecule has 1 aromatic carbocycles. The second-order valence-corrected chi connectivity index (χ2v) is 8.06. The fraction of sp³-hybridized carbons (Fsp3) is 0.286. The fourth-order valence-electron chi connectivity index (χ4n) is 3.99. The largest absolute Gasteiger partial charge is 0.303 e. The molecule has 4 aromatic rings. The number of fused-ring (bicyclic) bond motifs is 4. The summed E-state index contributed by atoms with van der Waals surface area (Å²) in [4.78, 5) is 9.20. The van der Waals surface area contributed by atoms with Gasteiger partial charge in [0.25, 0.3) is 6.33 Å². The van der Waals surface area contributed by atoms with E-state index < -0.39 is 5.89 Å². The standard InChI is InChI=1S/C21H21N4S/c1-12(2)15-10-26-21-19(15)23-11-24(4)20(21)18-13(3)5-6-16-14(18)9-17-22-7-8-25(16)17/h5-8,10-12H,9H2,1-4H3/q+1/i12D. The van der Waals surface area contributed by atoms with Crippen molar-refractivity contribution < 1.29 is 5.94 Å². The molecule has 0 aliphatic carbocycles. The third-order valence-corrected chi connectivity index (χ3v) is 6.25. The van der Waals surface area contributed by atoms with Crippen LogP contribution in [0.15, 0.2) is 36.2 Å². The Bertz CT molecular complexity index is 1210. The lowest BCUT2D eigenvalue weighted by Crippen LogP contribution is -2.32. The van der Waals surface area contributed by atoms with Crippen LogP contribution in [0, 0.1) is 6.92 Å². The first kappa shape index (κ1) is 14.6. The number of imidazole rings is 1. The van der Waals surface area contributed by atoms with Crippen LogP contribution in [-0.4, -0.2) is 14.5 Å². The molecule has 0 atom stereocenters. The van der Waals surface area contributed by atoms with Crippen molar-refractivity contribution in [2.45, 2.75) is 33.1 Å².